The second-order valence-corrected chi connectivity index (χ2v) is 4.55. The summed E-state index contributed by atoms with van der Waals surface area (Å²) >= 11 is 0. The zero-order chi connectivity index (χ0) is 10.2. The predicted octanol–water partition coefficient (Wildman–Crippen LogP) is 1.69. The van der Waals surface area contributed by atoms with E-state index in [-0.39, 0.29) is 5.91 Å². The molecule has 0 aromatic heterocycles. The molecule has 2 rings (SSSR count). The van der Waals surface area contributed by atoms with E-state index in [9.17, 15) is 4.79 Å². The Morgan fingerprint density at radius 3 is 2.43 bits per heavy atom. The fraction of sp³-hybridized carbons (Fsp3) is 0.818. The SMILES string of the molecule is CN(C(=O)C1(C#N)CC1)C1CCCC1. The summed E-state index contributed by atoms with van der Waals surface area (Å²) in [5, 5.41) is 8.92. The maximum atomic E-state index is 11.9. The molecule has 0 heterocycles. The van der Waals surface area contributed by atoms with Crippen molar-refractivity contribution in [2.45, 2.75) is 44.6 Å². The van der Waals surface area contributed by atoms with Crippen LogP contribution in [0.5, 0.6) is 0 Å². The van der Waals surface area contributed by atoms with Gasteiger partial charge >= 0.3 is 0 Å². The molecular weight excluding hydrogens is 176 g/mol. The molecule has 0 spiro atoms. The van der Waals surface area contributed by atoms with E-state index >= 15 is 0 Å². The van der Waals surface area contributed by atoms with Gasteiger partial charge in [-0.3, -0.25) is 4.79 Å². The van der Waals surface area contributed by atoms with Crippen LogP contribution in [0.25, 0.3) is 0 Å². The molecule has 0 aromatic rings. The summed E-state index contributed by atoms with van der Waals surface area (Å²) in [5.74, 6) is 0.0619. The van der Waals surface area contributed by atoms with Crippen LogP contribution < -0.4 is 0 Å². The maximum absolute atomic E-state index is 11.9. The molecule has 3 nitrogen and oxygen atoms in total. The first-order valence-electron chi connectivity index (χ1n) is 5.38. The molecule has 2 aliphatic rings. The van der Waals surface area contributed by atoms with Gasteiger partial charge in [-0.15, -0.1) is 0 Å². The number of rotatable bonds is 2. The van der Waals surface area contributed by atoms with E-state index in [1.165, 1.54) is 12.8 Å². The molecule has 3 heteroatoms. The zero-order valence-electron chi connectivity index (χ0n) is 8.62. The van der Waals surface area contributed by atoms with Crippen molar-refractivity contribution in [2.24, 2.45) is 5.41 Å². The Morgan fingerprint density at radius 1 is 1.43 bits per heavy atom. The highest BCUT2D eigenvalue weighted by molar-refractivity contribution is 5.88. The molecule has 2 fully saturated rings. The van der Waals surface area contributed by atoms with Crippen molar-refractivity contribution in [3.63, 3.8) is 0 Å². The van der Waals surface area contributed by atoms with Crippen LogP contribution in [0.3, 0.4) is 0 Å². The Kier molecular flexibility index (Phi) is 2.22. The Labute approximate surface area is 84.7 Å². The topological polar surface area (TPSA) is 44.1 Å². The van der Waals surface area contributed by atoms with Crippen molar-refractivity contribution in [1.29, 1.82) is 5.26 Å². The van der Waals surface area contributed by atoms with Gasteiger partial charge in [0.15, 0.2) is 0 Å². The van der Waals surface area contributed by atoms with Gasteiger partial charge in [-0.1, -0.05) is 12.8 Å². The standard InChI is InChI=1S/C11H16N2O/c1-13(9-4-2-3-5-9)10(14)11(8-12)6-7-11/h9H,2-7H2,1H3. The van der Waals surface area contributed by atoms with E-state index in [0.717, 1.165) is 25.7 Å². The Morgan fingerprint density at radius 2 is 2.00 bits per heavy atom. The lowest BCUT2D eigenvalue weighted by molar-refractivity contribution is -0.135. The van der Waals surface area contributed by atoms with Gasteiger partial charge < -0.3 is 4.90 Å². The Bertz CT molecular complexity index is 282. The fourth-order valence-electron chi connectivity index (χ4n) is 2.29. The maximum Gasteiger partial charge on any atom is 0.243 e. The number of hydrogen-bond donors (Lipinski definition) is 0. The molecule has 0 unspecified atom stereocenters. The largest absolute Gasteiger partial charge is 0.341 e. The minimum Gasteiger partial charge on any atom is -0.341 e. The smallest absolute Gasteiger partial charge is 0.243 e. The molecule has 76 valence electrons. The first kappa shape index (κ1) is 9.51. The van der Waals surface area contributed by atoms with Crippen molar-refractivity contribution in [3.8, 4) is 6.07 Å². The number of nitriles is 1. The minimum absolute atomic E-state index is 0.0619. The van der Waals surface area contributed by atoms with E-state index < -0.39 is 5.41 Å². The lowest BCUT2D eigenvalue weighted by Gasteiger charge is -2.26. The summed E-state index contributed by atoms with van der Waals surface area (Å²) < 4.78 is 0. The molecule has 0 saturated heterocycles. The van der Waals surface area contributed by atoms with Crippen LogP contribution in [0.1, 0.15) is 38.5 Å². The highest BCUT2D eigenvalue weighted by atomic mass is 16.2. The van der Waals surface area contributed by atoms with Gasteiger partial charge in [0.05, 0.1) is 6.07 Å². The summed E-state index contributed by atoms with van der Waals surface area (Å²) in [6.45, 7) is 0. The first-order valence-corrected chi connectivity index (χ1v) is 5.38. The number of amides is 1. The predicted molar refractivity (Wildman–Crippen MR) is 52.3 cm³/mol. The van der Waals surface area contributed by atoms with Crippen LogP contribution in [0.2, 0.25) is 0 Å². The molecule has 0 atom stereocenters. The second-order valence-electron chi connectivity index (χ2n) is 4.55. The number of carbonyl (C=O) groups excluding carboxylic acids is 1. The van der Waals surface area contributed by atoms with E-state index in [1.807, 2.05) is 11.9 Å². The lowest BCUT2D eigenvalue weighted by Crippen LogP contribution is -2.39. The van der Waals surface area contributed by atoms with E-state index in [2.05, 4.69) is 6.07 Å². The zero-order valence-corrected chi connectivity index (χ0v) is 8.62. The molecule has 0 N–H and O–H groups in total. The van der Waals surface area contributed by atoms with E-state index in [0.29, 0.717) is 6.04 Å². The highest BCUT2D eigenvalue weighted by Crippen LogP contribution is 2.47. The van der Waals surface area contributed by atoms with Crippen molar-refractivity contribution in [1.82, 2.24) is 4.90 Å². The Hall–Kier alpha value is -1.04. The molecule has 2 saturated carbocycles. The van der Waals surface area contributed by atoms with E-state index in [4.69, 9.17) is 5.26 Å². The quantitative estimate of drug-likeness (QED) is 0.668. The van der Waals surface area contributed by atoms with Gasteiger partial charge in [0.1, 0.15) is 5.41 Å². The molecule has 0 radical (unpaired) electrons. The second kappa shape index (κ2) is 3.27. The molecule has 14 heavy (non-hydrogen) atoms. The van der Waals surface area contributed by atoms with Crippen LogP contribution >= 0.6 is 0 Å². The number of carbonyl (C=O) groups is 1. The van der Waals surface area contributed by atoms with Crippen LogP contribution in [-0.4, -0.2) is 23.9 Å². The summed E-state index contributed by atoms with van der Waals surface area (Å²) in [7, 11) is 1.86. The average molecular weight is 192 g/mol. The third-order valence-corrected chi connectivity index (χ3v) is 3.57. The van der Waals surface area contributed by atoms with Crippen molar-refractivity contribution in [3.05, 3.63) is 0 Å². The van der Waals surface area contributed by atoms with Gasteiger partial charge in [0.25, 0.3) is 0 Å². The number of hydrogen-bond acceptors (Lipinski definition) is 2. The van der Waals surface area contributed by atoms with Gasteiger partial charge in [0, 0.05) is 13.1 Å². The van der Waals surface area contributed by atoms with Gasteiger partial charge in [-0.05, 0) is 25.7 Å². The van der Waals surface area contributed by atoms with Gasteiger partial charge in [-0.2, -0.15) is 5.26 Å². The third kappa shape index (κ3) is 1.39. The van der Waals surface area contributed by atoms with Crippen LogP contribution in [-0.2, 0) is 4.79 Å². The molecule has 0 aromatic carbocycles. The van der Waals surface area contributed by atoms with Crippen molar-refractivity contribution >= 4 is 5.91 Å². The van der Waals surface area contributed by atoms with E-state index in [1.54, 1.807) is 0 Å². The van der Waals surface area contributed by atoms with Gasteiger partial charge in [0.2, 0.25) is 5.91 Å². The number of nitrogens with zero attached hydrogens (tertiary/aromatic N) is 2. The average Bonchev–Trinajstić information content (AvgIpc) is 2.82. The monoisotopic (exact) mass is 192 g/mol. The fourth-order valence-corrected chi connectivity index (χ4v) is 2.29. The van der Waals surface area contributed by atoms with Crippen molar-refractivity contribution in [2.75, 3.05) is 7.05 Å². The molecular formula is C11H16N2O. The minimum atomic E-state index is -0.628. The summed E-state index contributed by atoms with van der Waals surface area (Å²) in [6, 6.07) is 2.56. The summed E-state index contributed by atoms with van der Waals surface area (Å²) in [5.41, 5.74) is -0.628. The summed E-state index contributed by atoms with van der Waals surface area (Å²) in [6.07, 6.45) is 6.20. The molecule has 0 aliphatic heterocycles. The van der Waals surface area contributed by atoms with Crippen LogP contribution in [0.4, 0.5) is 0 Å². The van der Waals surface area contributed by atoms with Crippen molar-refractivity contribution < 1.29 is 4.79 Å². The third-order valence-electron chi connectivity index (χ3n) is 3.57. The normalized spacial score (nSPS) is 24.3. The first-order chi connectivity index (χ1) is 6.69. The van der Waals surface area contributed by atoms with Crippen LogP contribution in [0.15, 0.2) is 0 Å². The summed E-state index contributed by atoms with van der Waals surface area (Å²) in [4.78, 5) is 13.8. The van der Waals surface area contributed by atoms with Gasteiger partial charge in [-0.25, -0.2) is 0 Å². The molecule has 2 aliphatic carbocycles. The highest BCUT2D eigenvalue weighted by Gasteiger charge is 2.52. The lowest BCUT2D eigenvalue weighted by atomic mass is 10.1. The van der Waals surface area contributed by atoms with Crippen LogP contribution in [0, 0.1) is 16.7 Å². The molecule has 0 bridgehead atoms. The Balaban J connectivity index is 2.01. The molecule has 1 amide bonds.